The zero-order chi connectivity index (χ0) is 16.3. The van der Waals surface area contributed by atoms with Crippen molar-refractivity contribution in [3.05, 3.63) is 29.3 Å². The third-order valence-electron chi connectivity index (χ3n) is 3.07. The van der Waals surface area contributed by atoms with Crippen molar-refractivity contribution < 1.29 is 14.9 Å². The minimum absolute atomic E-state index is 0.118. The SMILES string of the molecule is COc1cc(-c2nc(CN(C)CC(C)(C)O)cs2)ccc1O. The molecule has 0 radical (unpaired) electrons. The quantitative estimate of drug-likeness (QED) is 0.856. The molecule has 22 heavy (non-hydrogen) atoms. The Labute approximate surface area is 134 Å². The van der Waals surface area contributed by atoms with Crippen LogP contribution in [0.4, 0.5) is 0 Å². The number of aromatic nitrogens is 1. The molecule has 2 N–H and O–H groups in total. The molecule has 1 aromatic carbocycles. The number of methoxy groups -OCH3 is 1. The summed E-state index contributed by atoms with van der Waals surface area (Å²) in [5.74, 6) is 0.557. The highest BCUT2D eigenvalue weighted by Gasteiger charge is 2.16. The average molecular weight is 322 g/mol. The third-order valence-corrected chi connectivity index (χ3v) is 4.01. The summed E-state index contributed by atoms with van der Waals surface area (Å²) in [6, 6.07) is 5.20. The van der Waals surface area contributed by atoms with E-state index in [9.17, 15) is 10.2 Å². The summed E-state index contributed by atoms with van der Waals surface area (Å²) in [5.41, 5.74) is 1.15. The van der Waals surface area contributed by atoms with Crippen molar-refractivity contribution in [2.75, 3.05) is 20.7 Å². The van der Waals surface area contributed by atoms with Gasteiger partial charge in [0.1, 0.15) is 5.01 Å². The molecule has 120 valence electrons. The number of rotatable bonds is 6. The maximum absolute atomic E-state index is 9.84. The van der Waals surface area contributed by atoms with Gasteiger partial charge in [0, 0.05) is 24.0 Å². The van der Waals surface area contributed by atoms with Crippen LogP contribution in [0.15, 0.2) is 23.6 Å². The van der Waals surface area contributed by atoms with Gasteiger partial charge < -0.3 is 14.9 Å². The number of aliphatic hydroxyl groups is 1. The van der Waals surface area contributed by atoms with Gasteiger partial charge >= 0.3 is 0 Å². The number of thiazole rings is 1. The molecule has 2 rings (SSSR count). The van der Waals surface area contributed by atoms with Crippen LogP contribution in [0.5, 0.6) is 11.5 Å². The predicted molar refractivity (Wildman–Crippen MR) is 88.4 cm³/mol. The van der Waals surface area contributed by atoms with Crippen molar-refractivity contribution in [1.82, 2.24) is 9.88 Å². The normalized spacial score (nSPS) is 11.9. The van der Waals surface area contributed by atoms with Gasteiger partial charge in [-0.1, -0.05) is 0 Å². The number of hydrogen-bond donors (Lipinski definition) is 2. The molecule has 0 aliphatic carbocycles. The van der Waals surface area contributed by atoms with Gasteiger partial charge in [0.2, 0.25) is 0 Å². The lowest BCUT2D eigenvalue weighted by Crippen LogP contribution is -2.35. The van der Waals surface area contributed by atoms with Crippen LogP contribution in [0.3, 0.4) is 0 Å². The number of aromatic hydroxyl groups is 1. The summed E-state index contributed by atoms with van der Waals surface area (Å²) in [6.45, 7) is 4.83. The zero-order valence-corrected chi connectivity index (χ0v) is 14.1. The Morgan fingerprint density at radius 3 is 2.73 bits per heavy atom. The van der Waals surface area contributed by atoms with E-state index in [0.29, 0.717) is 18.8 Å². The van der Waals surface area contributed by atoms with Gasteiger partial charge in [0.25, 0.3) is 0 Å². The summed E-state index contributed by atoms with van der Waals surface area (Å²) >= 11 is 1.55. The number of nitrogens with zero attached hydrogens (tertiary/aromatic N) is 2. The van der Waals surface area contributed by atoms with Crippen LogP contribution in [0, 0.1) is 0 Å². The molecular weight excluding hydrogens is 300 g/mol. The lowest BCUT2D eigenvalue weighted by Gasteiger charge is -2.24. The van der Waals surface area contributed by atoms with E-state index >= 15 is 0 Å². The van der Waals surface area contributed by atoms with Crippen molar-refractivity contribution in [1.29, 1.82) is 0 Å². The van der Waals surface area contributed by atoms with Crippen LogP contribution in [0.25, 0.3) is 10.6 Å². The summed E-state index contributed by atoms with van der Waals surface area (Å²) < 4.78 is 5.12. The molecule has 0 aliphatic rings. The fraction of sp³-hybridized carbons (Fsp3) is 0.438. The standard InChI is InChI=1S/C16H22N2O3S/c1-16(2,20)10-18(3)8-12-9-22-15(17-12)11-5-6-13(19)14(7-11)21-4/h5-7,9,19-20H,8,10H2,1-4H3. The molecule has 0 unspecified atom stereocenters. The van der Waals surface area contributed by atoms with E-state index < -0.39 is 5.60 Å². The Kier molecular flexibility index (Phi) is 5.05. The smallest absolute Gasteiger partial charge is 0.161 e. The van der Waals surface area contributed by atoms with Crippen LogP contribution in [0.2, 0.25) is 0 Å². The molecule has 5 nitrogen and oxygen atoms in total. The number of ether oxygens (including phenoxy) is 1. The van der Waals surface area contributed by atoms with E-state index in [0.717, 1.165) is 16.3 Å². The average Bonchev–Trinajstić information content (AvgIpc) is 2.85. The number of benzene rings is 1. The number of phenols is 1. The molecular formula is C16H22N2O3S. The van der Waals surface area contributed by atoms with Crippen LogP contribution in [0.1, 0.15) is 19.5 Å². The fourth-order valence-corrected chi connectivity index (χ4v) is 3.12. The van der Waals surface area contributed by atoms with Gasteiger partial charge in [-0.15, -0.1) is 11.3 Å². The Bertz CT molecular complexity index is 635. The first kappa shape index (κ1) is 16.7. The van der Waals surface area contributed by atoms with E-state index in [1.165, 1.54) is 7.11 Å². The molecule has 1 aromatic heterocycles. The van der Waals surface area contributed by atoms with Crippen LogP contribution in [-0.2, 0) is 6.54 Å². The molecule has 6 heteroatoms. The van der Waals surface area contributed by atoms with Gasteiger partial charge in [0.15, 0.2) is 11.5 Å². The predicted octanol–water partition coefficient (Wildman–Crippen LogP) is 2.73. The van der Waals surface area contributed by atoms with Crippen LogP contribution >= 0.6 is 11.3 Å². The van der Waals surface area contributed by atoms with Crippen molar-refractivity contribution >= 4 is 11.3 Å². The maximum atomic E-state index is 9.84. The van der Waals surface area contributed by atoms with Crippen molar-refractivity contribution in [2.45, 2.75) is 26.0 Å². The number of likely N-dealkylation sites (N-methyl/N-ethyl adjacent to an activating group) is 1. The lowest BCUT2D eigenvalue weighted by atomic mass is 10.1. The first-order chi connectivity index (χ1) is 10.3. The molecule has 0 atom stereocenters. The van der Waals surface area contributed by atoms with E-state index in [2.05, 4.69) is 4.98 Å². The minimum Gasteiger partial charge on any atom is -0.504 e. The fourth-order valence-electron chi connectivity index (χ4n) is 2.32. The minimum atomic E-state index is -0.724. The molecule has 0 spiro atoms. The second-order valence-electron chi connectivity index (χ2n) is 6.02. The Morgan fingerprint density at radius 1 is 1.36 bits per heavy atom. The Morgan fingerprint density at radius 2 is 2.09 bits per heavy atom. The lowest BCUT2D eigenvalue weighted by molar-refractivity contribution is 0.0422. The molecule has 0 fully saturated rings. The Hall–Kier alpha value is -1.63. The Balaban J connectivity index is 2.11. The highest BCUT2D eigenvalue weighted by atomic mass is 32.1. The highest BCUT2D eigenvalue weighted by Crippen LogP contribution is 2.32. The van der Waals surface area contributed by atoms with Gasteiger partial charge in [-0.25, -0.2) is 4.98 Å². The molecule has 0 saturated heterocycles. The van der Waals surface area contributed by atoms with Crippen molar-refractivity contribution in [3.63, 3.8) is 0 Å². The molecule has 0 bridgehead atoms. The van der Waals surface area contributed by atoms with Crippen molar-refractivity contribution in [3.8, 4) is 22.1 Å². The largest absolute Gasteiger partial charge is 0.504 e. The van der Waals surface area contributed by atoms with E-state index in [1.807, 2.05) is 23.4 Å². The van der Waals surface area contributed by atoms with E-state index in [-0.39, 0.29) is 5.75 Å². The van der Waals surface area contributed by atoms with Crippen LogP contribution < -0.4 is 4.74 Å². The van der Waals surface area contributed by atoms with Gasteiger partial charge in [-0.2, -0.15) is 0 Å². The topological polar surface area (TPSA) is 65.8 Å². The molecule has 0 saturated carbocycles. The molecule has 0 amide bonds. The van der Waals surface area contributed by atoms with Crippen LogP contribution in [-0.4, -0.2) is 46.4 Å². The maximum Gasteiger partial charge on any atom is 0.161 e. The van der Waals surface area contributed by atoms with Gasteiger partial charge in [-0.05, 0) is 39.1 Å². The molecule has 2 aromatic rings. The first-order valence-electron chi connectivity index (χ1n) is 7.01. The molecule has 0 aliphatic heterocycles. The van der Waals surface area contributed by atoms with Gasteiger partial charge in [-0.3, -0.25) is 4.90 Å². The summed E-state index contributed by atoms with van der Waals surface area (Å²) in [5, 5.41) is 22.4. The number of phenolic OH excluding ortho intramolecular Hbond substituents is 1. The summed E-state index contributed by atoms with van der Waals surface area (Å²) in [6.07, 6.45) is 0. The first-order valence-corrected chi connectivity index (χ1v) is 7.89. The van der Waals surface area contributed by atoms with E-state index in [1.54, 1.807) is 37.3 Å². The van der Waals surface area contributed by atoms with E-state index in [4.69, 9.17) is 4.74 Å². The second kappa shape index (κ2) is 6.64. The monoisotopic (exact) mass is 322 g/mol. The molecule has 1 heterocycles. The second-order valence-corrected chi connectivity index (χ2v) is 6.87. The van der Waals surface area contributed by atoms with Crippen molar-refractivity contribution in [2.24, 2.45) is 0 Å². The number of hydrogen-bond acceptors (Lipinski definition) is 6. The highest BCUT2D eigenvalue weighted by molar-refractivity contribution is 7.13. The summed E-state index contributed by atoms with van der Waals surface area (Å²) in [7, 11) is 3.48. The third kappa shape index (κ3) is 4.43. The zero-order valence-electron chi connectivity index (χ0n) is 13.3. The summed E-state index contributed by atoms with van der Waals surface area (Å²) in [4.78, 5) is 6.65. The van der Waals surface area contributed by atoms with Gasteiger partial charge in [0.05, 0.1) is 18.4 Å².